The summed E-state index contributed by atoms with van der Waals surface area (Å²) in [7, 11) is 1.98. The van der Waals surface area contributed by atoms with Crippen molar-refractivity contribution in [2.45, 2.75) is 36.1 Å². The maximum absolute atomic E-state index is 12.1. The number of hydrogen-bond acceptors (Lipinski definition) is 4. The molecule has 1 aliphatic rings. The largest absolute Gasteiger partial charge is 0.338 e. The maximum atomic E-state index is 12.1. The van der Waals surface area contributed by atoms with Crippen molar-refractivity contribution in [3.63, 3.8) is 0 Å². The zero-order chi connectivity index (χ0) is 16.4. The molecule has 0 fully saturated rings. The van der Waals surface area contributed by atoms with Crippen LogP contribution in [0.2, 0.25) is 0 Å². The van der Waals surface area contributed by atoms with Crippen molar-refractivity contribution >= 4 is 28.9 Å². The summed E-state index contributed by atoms with van der Waals surface area (Å²) in [6.07, 6.45) is 0.537. The molecule has 4 heteroatoms. The third-order valence-electron chi connectivity index (χ3n) is 4.22. The van der Waals surface area contributed by atoms with Gasteiger partial charge in [-0.1, -0.05) is 36.9 Å². The molecule has 0 saturated heterocycles. The number of anilines is 2. The molecule has 1 unspecified atom stereocenters. The van der Waals surface area contributed by atoms with E-state index < -0.39 is 0 Å². The normalized spacial score (nSPS) is 14.1. The van der Waals surface area contributed by atoms with E-state index in [0.29, 0.717) is 12.5 Å². The number of hydrogen-bond donors (Lipinski definition) is 1. The molecule has 0 aromatic heterocycles. The monoisotopic (exact) mass is 326 g/mol. The number of nitrogens with one attached hydrogen (secondary N) is 1. The van der Waals surface area contributed by atoms with Crippen LogP contribution in [0.4, 0.5) is 11.4 Å². The molecule has 0 saturated carbocycles. The van der Waals surface area contributed by atoms with Crippen molar-refractivity contribution in [3.05, 3.63) is 48.0 Å². The van der Waals surface area contributed by atoms with Gasteiger partial charge in [0.05, 0.1) is 11.4 Å². The van der Waals surface area contributed by atoms with E-state index in [1.54, 1.807) is 11.8 Å². The lowest BCUT2D eigenvalue weighted by molar-refractivity contribution is 0.0988. The number of carbonyl (C=O) groups is 1. The summed E-state index contributed by atoms with van der Waals surface area (Å²) in [4.78, 5) is 16.9. The summed E-state index contributed by atoms with van der Waals surface area (Å²) in [5.74, 6) is 0.193. The smallest absolute Gasteiger partial charge is 0.162 e. The summed E-state index contributed by atoms with van der Waals surface area (Å²) < 4.78 is 0. The number of carbonyl (C=O) groups excluding carboxylic acids is 1. The molecule has 1 atom stereocenters. The lowest BCUT2D eigenvalue weighted by Crippen LogP contribution is -2.36. The summed E-state index contributed by atoms with van der Waals surface area (Å²) in [5, 5.41) is 3.31. The molecule has 120 valence electrons. The molecule has 3 nitrogen and oxygen atoms in total. The quantitative estimate of drug-likeness (QED) is 0.821. The number of benzene rings is 2. The van der Waals surface area contributed by atoms with Gasteiger partial charge in [0.2, 0.25) is 0 Å². The first-order valence-corrected chi connectivity index (χ1v) is 8.84. The van der Waals surface area contributed by atoms with Gasteiger partial charge in [0.1, 0.15) is 0 Å². The average molecular weight is 326 g/mol. The van der Waals surface area contributed by atoms with Crippen LogP contribution in [0.15, 0.2) is 52.3 Å². The third-order valence-corrected chi connectivity index (χ3v) is 5.35. The lowest BCUT2D eigenvalue weighted by atomic mass is 10.1. The number of Topliss-reactive ketones (excluding diaryl/α,β-unsaturated/α-hetero) is 1. The Bertz CT molecular complexity index is 729. The van der Waals surface area contributed by atoms with E-state index in [1.165, 1.54) is 15.5 Å². The number of nitrogens with zero attached hydrogens (tertiary/aromatic N) is 1. The van der Waals surface area contributed by atoms with Gasteiger partial charge < -0.3 is 10.2 Å². The van der Waals surface area contributed by atoms with Crippen LogP contribution in [0.1, 0.15) is 30.6 Å². The van der Waals surface area contributed by atoms with E-state index in [4.69, 9.17) is 0 Å². The number of likely N-dealkylation sites (N-methyl/N-ethyl adjacent to an activating group) is 1. The Labute approximate surface area is 142 Å². The minimum Gasteiger partial charge on any atom is -0.338 e. The molecule has 0 spiro atoms. The Morgan fingerprint density at radius 1 is 1.17 bits per heavy atom. The zero-order valence-electron chi connectivity index (χ0n) is 13.8. The van der Waals surface area contributed by atoms with Crippen LogP contribution in [0.5, 0.6) is 0 Å². The number of para-hydroxylation sites is 1. The fraction of sp³-hybridized carbons (Fsp3) is 0.316. The molecule has 2 aromatic rings. The lowest BCUT2D eigenvalue weighted by Gasteiger charge is -2.34. The van der Waals surface area contributed by atoms with Gasteiger partial charge in [-0.2, -0.15) is 0 Å². The molecular formula is C19H22N2OS. The molecule has 23 heavy (non-hydrogen) atoms. The third kappa shape index (κ3) is 3.14. The van der Waals surface area contributed by atoms with Crippen molar-refractivity contribution in [2.24, 2.45) is 0 Å². The van der Waals surface area contributed by atoms with Crippen LogP contribution in [0, 0.1) is 0 Å². The highest BCUT2D eigenvalue weighted by Crippen LogP contribution is 2.48. The topological polar surface area (TPSA) is 32.3 Å². The SMILES string of the molecule is CCC(=O)c1ccc2c(c1)N(CC(C)NC)c1ccccc1S2. The first kappa shape index (κ1) is 16.1. The zero-order valence-corrected chi connectivity index (χ0v) is 14.6. The van der Waals surface area contributed by atoms with E-state index in [-0.39, 0.29) is 5.78 Å². The first-order valence-electron chi connectivity index (χ1n) is 8.03. The van der Waals surface area contributed by atoms with Crippen LogP contribution >= 0.6 is 11.8 Å². The van der Waals surface area contributed by atoms with Gasteiger partial charge in [0, 0.05) is 34.4 Å². The molecule has 0 aliphatic carbocycles. The first-order chi connectivity index (χ1) is 11.1. The van der Waals surface area contributed by atoms with Crippen molar-refractivity contribution in [1.29, 1.82) is 0 Å². The predicted molar refractivity (Wildman–Crippen MR) is 97.2 cm³/mol. The molecule has 1 aliphatic heterocycles. The molecular weight excluding hydrogens is 304 g/mol. The average Bonchev–Trinajstić information content (AvgIpc) is 2.60. The van der Waals surface area contributed by atoms with Crippen LogP contribution in [0.25, 0.3) is 0 Å². The van der Waals surface area contributed by atoms with Gasteiger partial charge in [-0.25, -0.2) is 0 Å². The number of fused-ring (bicyclic) bond motifs is 2. The highest BCUT2D eigenvalue weighted by molar-refractivity contribution is 7.99. The van der Waals surface area contributed by atoms with Gasteiger partial charge in [-0.15, -0.1) is 0 Å². The molecule has 0 bridgehead atoms. The molecule has 3 rings (SSSR count). The fourth-order valence-electron chi connectivity index (χ4n) is 2.77. The minimum absolute atomic E-state index is 0.193. The van der Waals surface area contributed by atoms with E-state index in [0.717, 1.165) is 17.8 Å². The summed E-state index contributed by atoms with van der Waals surface area (Å²) in [6.45, 7) is 4.95. The van der Waals surface area contributed by atoms with Crippen molar-refractivity contribution in [1.82, 2.24) is 5.32 Å². The second-order valence-electron chi connectivity index (χ2n) is 5.83. The number of rotatable bonds is 5. The predicted octanol–water partition coefficient (Wildman–Crippen LogP) is 4.49. The van der Waals surface area contributed by atoms with E-state index in [9.17, 15) is 4.79 Å². The Hall–Kier alpha value is -1.78. The molecule has 1 N–H and O–H groups in total. The minimum atomic E-state index is 0.193. The summed E-state index contributed by atoms with van der Waals surface area (Å²) in [5.41, 5.74) is 3.15. The Kier molecular flexibility index (Phi) is 4.74. The van der Waals surface area contributed by atoms with Gasteiger partial charge in [-0.3, -0.25) is 4.79 Å². The van der Waals surface area contributed by atoms with E-state index in [1.807, 2.05) is 26.1 Å². The Morgan fingerprint density at radius 2 is 1.91 bits per heavy atom. The maximum Gasteiger partial charge on any atom is 0.162 e. The Morgan fingerprint density at radius 3 is 2.65 bits per heavy atom. The van der Waals surface area contributed by atoms with E-state index in [2.05, 4.69) is 47.5 Å². The second kappa shape index (κ2) is 6.77. The second-order valence-corrected chi connectivity index (χ2v) is 6.91. The van der Waals surface area contributed by atoms with Gasteiger partial charge in [0.15, 0.2) is 5.78 Å². The van der Waals surface area contributed by atoms with Gasteiger partial charge in [0.25, 0.3) is 0 Å². The summed E-state index contributed by atoms with van der Waals surface area (Å²) in [6, 6.07) is 14.9. The number of ketones is 1. The fourth-order valence-corrected chi connectivity index (χ4v) is 3.84. The van der Waals surface area contributed by atoms with Crippen LogP contribution in [-0.4, -0.2) is 25.4 Å². The van der Waals surface area contributed by atoms with Gasteiger partial charge in [-0.05, 0) is 38.2 Å². The van der Waals surface area contributed by atoms with Gasteiger partial charge >= 0.3 is 0 Å². The van der Waals surface area contributed by atoms with Crippen molar-refractivity contribution in [3.8, 4) is 0 Å². The van der Waals surface area contributed by atoms with Crippen molar-refractivity contribution < 1.29 is 4.79 Å². The molecule has 0 amide bonds. The van der Waals surface area contributed by atoms with Crippen LogP contribution < -0.4 is 10.2 Å². The van der Waals surface area contributed by atoms with Crippen molar-refractivity contribution in [2.75, 3.05) is 18.5 Å². The summed E-state index contributed by atoms with van der Waals surface area (Å²) >= 11 is 1.78. The molecule has 2 aromatic carbocycles. The standard InChI is InChI=1S/C19H22N2OS/c1-4-17(22)14-9-10-19-16(11-14)21(12-13(2)20-3)15-7-5-6-8-18(15)23-19/h5-11,13,20H,4,12H2,1-3H3. The van der Waals surface area contributed by atoms with Crippen LogP contribution in [-0.2, 0) is 0 Å². The molecule has 1 heterocycles. The van der Waals surface area contributed by atoms with E-state index >= 15 is 0 Å². The molecule has 0 radical (unpaired) electrons. The highest BCUT2D eigenvalue weighted by Gasteiger charge is 2.25. The van der Waals surface area contributed by atoms with Crippen LogP contribution in [0.3, 0.4) is 0 Å². The Balaban J connectivity index is 2.08. The highest BCUT2D eigenvalue weighted by atomic mass is 32.2.